The highest BCUT2D eigenvalue weighted by Crippen LogP contribution is 2.21. The van der Waals surface area contributed by atoms with Crippen LogP contribution in [0.2, 0.25) is 0 Å². The first-order chi connectivity index (χ1) is 9.10. The molecule has 1 saturated carbocycles. The number of carboxylic acid groups (broad SMARTS) is 1. The zero-order valence-corrected chi connectivity index (χ0v) is 10.8. The van der Waals surface area contributed by atoms with Crippen LogP contribution in [0.1, 0.15) is 40.0 Å². The molecule has 0 saturated heterocycles. The fourth-order valence-electron chi connectivity index (χ4n) is 2.32. The predicted molar refractivity (Wildman–Crippen MR) is 69.3 cm³/mol. The lowest BCUT2D eigenvalue weighted by atomic mass is 10.1. The van der Waals surface area contributed by atoms with Crippen LogP contribution in [-0.4, -0.2) is 36.2 Å². The number of ether oxygens (including phenoxy) is 1. The molecule has 5 nitrogen and oxygen atoms in total. The second-order valence-corrected chi connectivity index (χ2v) is 4.72. The molecule has 2 atom stereocenters. The number of carbonyl (C=O) groups excluding carboxylic acids is 1. The first-order valence-corrected chi connectivity index (χ1v) is 6.27. The van der Waals surface area contributed by atoms with Crippen molar-refractivity contribution in [2.75, 3.05) is 7.11 Å². The highest BCUT2D eigenvalue weighted by atomic mass is 16.5. The summed E-state index contributed by atoms with van der Waals surface area (Å²) in [5.74, 6) is -1.16. The van der Waals surface area contributed by atoms with Gasteiger partial charge < -0.3 is 15.2 Å². The normalized spacial score (nSPS) is 22.2. The average molecular weight is 263 g/mol. The van der Waals surface area contributed by atoms with E-state index in [2.05, 4.69) is 5.32 Å². The molecule has 102 valence electrons. The van der Waals surface area contributed by atoms with Gasteiger partial charge in [0, 0.05) is 18.7 Å². The van der Waals surface area contributed by atoms with E-state index < -0.39 is 5.97 Å². The van der Waals surface area contributed by atoms with Crippen LogP contribution in [0.3, 0.4) is 0 Å². The number of nitrogens with one attached hydrogen (secondary N) is 1. The highest BCUT2D eigenvalue weighted by Gasteiger charge is 2.25. The molecule has 2 unspecified atom stereocenters. The number of hydrogen-bond acceptors (Lipinski definition) is 3. The Morgan fingerprint density at radius 1 is 1.21 bits per heavy atom. The van der Waals surface area contributed by atoms with E-state index in [9.17, 15) is 9.59 Å². The lowest BCUT2D eigenvalue weighted by Gasteiger charge is -2.13. The van der Waals surface area contributed by atoms with Crippen molar-refractivity contribution in [1.29, 1.82) is 0 Å². The van der Waals surface area contributed by atoms with Gasteiger partial charge in [0.2, 0.25) is 0 Å². The van der Waals surface area contributed by atoms with Gasteiger partial charge in [0.05, 0.1) is 11.7 Å². The maximum absolute atomic E-state index is 12.0. The van der Waals surface area contributed by atoms with Gasteiger partial charge in [-0.2, -0.15) is 0 Å². The monoisotopic (exact) mass is 263 g/mol. The third-order valence-electron chi connectivity index (χ3n) is 3.45. The van der Waals surface area contributed by atoms with Crippen molar-refractivity contribution in [3.05, 3.63) is 35.4 Å². The van der Waals surface area contributed by atoms with Crippen molar-refractivity contribution >= 4 is 11.9 Å². The molecule has 5 heteroatoms. The molecule has 1 amide bonds. The number of benzene rings is 1. The van der Waals surface area contributed by atoms with E-state index in [-0.39, 0.29) is 23.6 Å². The van der Waals surface area contributed by atoms with E-state index in [0.29, 0.717) is 5.56 Å². The maximum atomic E-state index is 12.0. The Bertz CT molecular complexity index is 469. The van der Waals surface area contributed by atoms with E-state index in [1.54, 1.807) is 7.11 Å². The van der Waals surface area contributed by atoms with E-state index in [0.717, 1.165) is 19.3 Å². The molecule has 1 aromatic carbocycles. The molecule has 1 fully saturated rings. The van der Waals surface area contributed by atoms with E-state index in [4.69, 9.17) is 9.84 Å². The van der Waals surface area contributed by atoms with Crippen LogP contribution in [0.25, 0.3) is 0 Å². The van der Waals surface area contributed by atoms with Crippen molar-refractivity contribution in [1.82, 2.24) is 5.32 Å². The third-order valence-corrected chi connectivity index (χ3v) is 3.45. The van der Waals surface area contributed by atoms with Gasteiger partial charge in [0.1, 0.15) is 0 Å². The fraction of sp³-hybridized carbons (Fsp3) is 0.429. The van der Waals surface area contributed by atoms with Gasteiger partial charge in [0.25, 0.3) is 5.91 Å². The van der Waals surface area contributed by atoms with Gasteiger partial charge in [0.15, 0.2) is 0 Å². The Morgan fingerprint density at radius 2 is 1.84 bits per heavy atom. The second-order valence-electron chi connectivity index (χ2n) is 4.72. The second kappa shape index (κ2) is 5.84. The molecule has 0 radical (unpaired) electrons. The number of hydrogen-bond donors (Lipinski definition) is 2. The standard InChI is InChI=1S/C14H17NO4/c1-19-12-7-6-11(8-12)15-13(16)9-2-4-10(5-3-9)14(17)18/h2-5,11-12H,6-8H2,1H3,(H,15,16)(H,17,18). The van der Waals surface area contributed by atoms with E-state index >= 15 is 0 Å². The van der Waals surface area contributed by atoms with Crippen LogP contribution >= 0.6 is 0 Å². The Kier molecular flexibility index (Phi) is 4.16. The smallest absolute Gasteiger partial charge is 0.335 e. The quantitative estimate of drug-likeness (QED) is 0.866. The molecule has 0 aromatic heterocycles. The topological polar surface area (TPSA) is 75.6 Å². The van der Waals surface area contributed by atoms with Crippen molar-refractivity contribution in [2.24, 2.45) is 0 Å². The van der Waals surface area contributed by atoms with Crippen LogP contribution in [0.4, 0.5) is 0 Å². The van der Waals surface area contributed by atoms with Gasteiger partial charge in [-0.25, -0.2) is 4.79 Å². The van der Waals surface area contributed by atoms with Crippen LogP contribution in [0.5, 0.6) is 0 Å². The highest BCUT2D eigenvalue weighted by molar-refractivity contribution is 5.96. The van der Waals surface area contributed by atoms with Gasteiger partial charge >= 0.3 is 5.97 Å². The summed E-state index contributed by atoms with van der Waals surface area (Å²) in [6.45, 7) is 0. The van der Waals surface area contributed by atoms with Crippen molar-refractivity contribution < 1.29 is 19.4 Å². The van der Waals surface area contributed by atoms with Crippen molar-refractivity contribution in [2.45, 2.75) is 31.4 Å². The molecule has 2 rings (SSSR count). The molecule has 0 spiro atoms. The summed E-state index contributed by atoms with van der Waals surface area (Å²) in [6.07, 6.45) is 2.92. The summed E-state index contributed by atoms with van der Waals surface area (Å²) in [5.41, 5.74) is 0.655. The van der Waals surface area contributed by atoms with Gasteiger partial charge in [-0.3, -0.25) is 4.79 Å². The van der Waals surface area contributed by atoms with Crippen LogP contribution in [0, 0.1) is 0 Å². The summed E-state index contributed by atoms with van der Waals surface area (Å²) < 4.78 is 5.25. The summed E-state index contributed by atoms with van der Waals surface area (Å²) in [4.78, 5) is 22.7. The molecule has 1 aromatic rings. The minimum Gasteiger partial charge on any atom is -0.478 e. The minimum atomic E-state index is -0.995. The SMILES string of the molecule is COC1CCC(NC(=O)c2ccc(C(=O)O)cc2)C1. The van der Waals surface area contributed by atoms with Crippen molar-refractivity contribution in [3.63, 3.8) is 0 Å². The van der Waals surface area contributed by atoms with Gasteiger partial charge in [-0.05, 0) is 43.5 Å². The number of carbonyl (C=O) groups is 2. The molecule has 19 heavy (non-hydrogen) atoms. The van der Waals surface area contributed by atoms with Crippen LogP contribution in [-0.2, 0) is 4.74 Å². The van der Waals surface area contributed by atoms with E-state index in [1.807, 2.05) is 0 Å². The van der Waals surface area contributed by atoms with Crippen LogP contribution in [0.15, 0.2) is 24.3 Å². The molecule has 0 aliphatic heterocycles. The molecular weight excluding hydrogens is 246 g/mol. The first kappa shape index (κ1) is 13.5. The number of amides is 1. The lowest BCUT2D eigenvalue weighted by molar-refractivity contribution is 0.0696. The third kappa shape index (κ3) is 3.32. The zero-order chi connectivity index (χ0) is 13.8. The first-order valence-electron chi connectivity index (χ1n) is 6.27. The van der Waals surface area contributed by atoms with Crippen LogP contribution < -0.4 is 5.32 Å². The number of methoxy groups -OCH3 is 1. The lowest BCUT2D eigenvalue weighted by Crippen LogP contribution is -2.33. The average Bonchev–Trinajstić information content (AvgIpc) is 2.86. The van der Waals surface area contributed by atoms with Gasteiger partial charge in [-0.15, -0.1) is 0 Å². The Morgan fingerprint density at radius 3 is 2.37 bits per heavy atom. The number of rotatable bonds is 4. The summed E-state index contributed by atoms with van der Waals surface area (Å²) in [5, 5.41) is 11.7. The summed E-state index contributed by atoms with van der Waals surface area (Å²) in [7, 11) is 1.68. The van der Waals surface area contributed by atoms with Crippen molar-refractivity contribution in [3.8, 4) is 0 Å². The molecule has 2 N–H and O–H groups in total. The number of carboxylic acids is 1. The van der Waals surface area contributed by atoms with E-state index in [1.165, 1.54) is 24.3 Å². The molecule has 0 bridgehead atoms. The Balaban J connectivity index is 1.95. The fourth-order valence-corrected chi connectivity index (χ4v) is 2.32. The Labute approximate surface area is 111 Å². The predicted octanol–water partition coefficient (Wildman–Crippen LogP) is 1.68. The van der Waals surface area contributed by atoms with Gasteiger partial charge in [-0.1, -0.05) is 0 Å². The minimum absolute atomic E-state index is 0.136. The Hall–Kier alpha value is -1.88. The molecule has 1 aliphatic carbocycles. The molecule has 1 aliphatic rings. The molecule has 0 heterocycles. The maximum Gasteiger partial charge on any atom is 0.335 e. The summed E-state index contributed by atoms with van der Waals surface area (Å²) >= 11 is 0. The largest absolute Gasteiger partial charge is 0.478 e. The molecular formula is C14H17NO4. The zero-order valence-electron chi connectivity index (χ0n) is 10.8. The number of aromatic carboxylic acids is 1. The summed E-state index contributed by atoms with van der Waals surface area (Å²) in [6, 6.07) is 6.06.